The molecule has 2 aromatic rings. The van der Waals surface area contributed by atoms with Crippen LogP contribution in [0.15, 0.2) is 18.3 Å². The van der Waals surface area contributed by atoms with Gasteiger partial charge in [0.2, 0.25) is 5.95 Å². The fourth-order valence-electron chi connectivity index (χ4n) is 4.03. The van der Waals surface area contributed by atoms with Crippen LogP contribution in [0.4, 0.5) is 5.95 Å². The van der Waals surface area contributed by atoms with E-state index in [0.29, 0.717) is 4.34 Å². The van der Waals surface area contributed by atoms with E-state index in [1.54, 1.807) is 6.07 Å². The van der Waals surface area contributed by atoms with Crippen LogP contribution in [0.5, 0.6) is 0 Å². The van der Waals surface area contributed by atoms with Crippen molar-refractivity contribution in [1.29, 1.82) is 0 Å². The number of hydrogen-bond donors (Lipinski definition) is 0. The molecule has 5 nitrogen and oxygen atoms in total. The van der Waals surface area contributed by atoms with Gasteiger partial charge in [-0.3, -0.25) is 4.79 Å². The van der Waals surface area contributed by atoms with Crippen molar-refractivity contribution in [2.24, 2.45) is 0 Å². The molecule has 1 aliphatic carbocycles. The molecule has 1 aliphatic heterocycles. The average molecular weight is 377 g/mol. The summed E-state index contributed by atoms with van der Waals surface area (Å²) in [6.45, 7) is 1.54. The summed E-state index contributed by atoms with van der Waals surface area (Å²) >= 11 is 7.36. The fraction of sp³-hybridized carbons (Fsp3) is 0.500. The number of carbonyl (C=O) groups is 1. The largest absolute Gasteiger partial charge is 0.347 e. The van der Waals surface area contributed by atoms with Crippen LogP contribution in [-0.2, 0) is 11.8 Å². The first kappa shape index (κ1) is 16.8. The summed E-state index contributed by atoms with van der Waals surface area (Å²) in [6.07, 6.45) is 6.09. The van der Waals surface area contributed by atoms with Crippen molar-refractivity contribution < 1.29 is 4.79 Å². The first-order chi connectivity index (χ1) is 12.0. The van der Waals surface area contributed by atoms with Gasteiger partial charge in [0.05, 0.1) is 14.9 Å². The average Bonchev–Trinajstić information content (AvgIpc) is 3.19. The third kappa shape index (κ3) is 2.91. The molecular weight excluding hydrogens is 356 g/mol. The van der Waals surface area contributed by atoms with Crippen LogP contribution < -0.4 is 4.90 Å². The van der Waals surface area contributed by atoms with Crippen LogP contribution in [0, 0.1) is 0 Å². The van der Waals surface area contributed by atoms with Crippen molar-refractivity contribution >= 4 is 34.8 Å². The summed E-state index contributed by atoms with van der Waals surface area (Å²) in [5, 5.41) is 0. The molecule has 1 fully saturated rings. The quantitative estimate of drug-likeness (QED) is 0.806. The molecule has 1 atom stereocenters. The molecule has 25 heavy (non-hydrogen) atoms. The van der Waals surface area contributed by atoms with E-state index in [0.717, 1.165) is 55.3 Å². The van der Waals surface area contributed by atoms with Crippen LogP contribution >= 0.6 is 22.9 Å². The number of nitrogens with zero attached hydrogens (tertiary/aromatic N) is 4. The molecular formula is C18H21ClN4OS. The lowest BCUT2D eigenvalue weighted by atomic mass is 9.77. The van der Waals surface area contributed by atoms with Crippen molar-refractivity contribution in [1.82, 2.24) is 14.9 Å². The molecule has 3 heterocycles. The maximum Gasteiger partial charge on any atom is 0.264 e. The van der Waals surface area contributed by atoms with Gasteiger partial charge < -0.3 is 9.80 Å². The van der Waals surface area contributed by atoms with Crippen LogP contribution in [0.2, 0.25) is 4.34 Å². The first-order valence-corrected chi connectivity index (χ1v) is 9.76. The first-order valence-electron chi connectivity index (χ1n) is 8.57. The lowest BCUT2D eigenvalue weighted by Crippen LogP contribution is -2.47. The van der Waals surface area contributed by atoms with Crippen LogP contribution in [0.3, 0.4) is 0 Å². The van der Waals surface area contributed by atoms with Crippen molar-refractivity contribution in [2.45, 2.75) is 31.1 Å². The number of rotatable bonds is 2. The van der Waals surface area contributed by atoms with E-state index in [1.165, 1.54) is 16.9 Å². The van der Waals surface area contributed by atoms with Gasteiger partial charge in [-0.15, -0.1) is 11.3 Å². The van der Waals surface area contributed by atoms with Gasteiger partial charge >= 0.3 is 0 Å². The number of aryl methyl sites for hydroxylation is 1. The Kier molecular flexibility index (Phi) is 4.20. The highest BCUT2D eigenvalue weighted by atomic mass is 35.5. The summed E-state index contributed by atoms with van der Waals surface area (Å²) in [4.78, 5) is 26.8. The molecule has 7 heteroatoms. The maximum atomic E-state index is 12.9. The Morgan fingerprint density at radius 3 is 2.92 bits per heavy atom. The second-order valence-electron chi connectivity index (χ2n) is 7.15. The Morgan fingerprint density at radius 2 is 2.20 bits per heavy atom. The highest BCUT2D eigenvalue weighted by Gasteiger charge is 2.45. The number of piperidine rings is 1. The molecule has 0 saturated carbocycles. The zero-order chi connectivity index (χ0) is 17.6. The minimum Gasteiger partial charge on any atom is -0.347 e. The molecule has 2 aliphatic rings. The molecule has 0 N–H and O–H groups in total. The smallest absolute Gasteiger partial charge is 0.264 e. The van der Waals surface area contributed by atoms with Crippen molar-refractivity contribution in [3.8, 4) is 0 Å². The van der Waals surface area contributed by atoms with Gasteiger partial charge in [0.1, 0.15) is 0 Å². The fourth-order valence-corrected chi connectivity index (χ4v) is 5.05. The predicted molar refractivity (Wildman–Crippen MR) is 101 cm³/mol. The van der Waals surface area contributed by atoms with E-state index in [1.807, 2.05) is 36.2 Å². The summed E-state index contributed by atoms with van der Waals surface area (Å²) in [5.41, 5.74) is 2.35. The summed E-state index contributed by atoms with van der Waals surface area (Å²) in [7, 11) is 3.92. The molecule has 132 valence electrons. The summed E-state index contributed by atoms with van der Waals surface area (Å²) in [5.74, 6) is 0.833. The minimum absolute atomic E-state index is 0.0298. The molecule has 0 radical (unpaired) electrons. The van der Waals surface area contributed by atoms with Crippen LogP contribution in [0.25, 0.3) is 0 Å². The van der Waals surface area contributed by atoms with Gasteiger partial charge in [0.25, 0.3) is 5.91 Å². The maximum absolute atomic E-state index is 12.9. The number of amides is 1. The molecule has 1 amide bonds. The van der Waals surface area contributed by atoms with E-state index >= 15 is 0 Å². The zero-order valence-electron chi connectivity index (χ0n) is 14.5. The number of hydrogen-bond acceptors (Lipinski definition) is 5. The Morgan fingerprint density at radius 1 is 1.36 bits per heavy atom. The molecule has 4 rings (SSSR count). The standard InChI is InChI=1S/C18H21ClN4OS/c1-22(2)17-20-10-12-6-8-18(15(12)21-17)7-3-9-23(11-18)16(24)13-4-5-14(19)25-13/h4-5,10H,3,6-9,11H2,1-2H3. The molecule has 2 aromatic heterocycles. The molecule has 1 unspecified atom stereocenters. The number of anilines is 1. The van der Waals surface area contributed by atoms with Gasteiger partial charge in [0.15, 0.2) is 0 Å². The third-order valence-corrected chi connectivity index (χ3v) is 6.49. The van der Waals surface area contributed by atoms with Gasteiger partial charge in [-0.1, -0.05) is 11.6 Å². The minimum atomic E-state index is -0.0298. The molecule has 1 spiro atoms. The van der Waals surface area contributed by atoms with E-state index in [-0.39, 0.29) is 11.3 Å². The van der Waals surface area contributed by atoms with E-state index in [9.17, 15) is 4.79 Å². The molecule has 1 saturated heterocycles. The molecule has 0 aromatic carbocycles. The lowest BCUT2D eigenvalue weighted by molar-refractivity contribution is 0.0638. The van der Waals surface area contributed by atoms with Crippen LogP contribution in [-0.4, -0.2) is 48.0 Å². The van der Waals surface area contributed by atoms with E-state index < -0.39 is 0 Å². The van der Waals surface area contributed by atoms with Crippen molar-refractivity contribution in [3.05, 3.63) is 38.8 Å². The lowest BCUT2D eigenvalue weighted by Gasteiger charge is -2.40. The normalized spacial score (nSPS) is 22.3. The number of likely N-dealkylation sites (tertiary alicyclic amines) is 1. The van der Waals surface area contributed by atoms with Crippen LogP contribution in [0.1, 0.15) is 40.2 Å². The van der Waals surface area contributed by atoms with E-state index in [4.69, 9.17) is 16.6 Å². The van der Waals surface area contributed by atoms with Crippen molar-refractivity contribution in [2.75, 3.05) is 32.1 Å². The van der Waals surface area contributed by atoms with Crippen molar-refractivity contribution in [3.63, 3.8) is 0 Å². The topological polar surface area (TPSA) is 49.3 Å². The number of carbonyl (C=O) groups excluding carboxylic acids is 1. The number of fused-ring (bicyclic) bond motifs is 2. The highest BCUT2D eigenvalue weighted by Crippen LogP contribution is 2.44. The second-order valence-corrected chi connectivity index (χ2v) is 8.87. The third-order valence-electron chi connectivity index (χ3n) is 5.28. The van der Waals surface area contributed by atoms with Gasteiger partial charge in [-0.2, -0.15) is 0 Å². The van der Waals surface area contributed by atoms with Gasteiger partial charge in [-0.25, -0.2) is 9.97 Å². The number of thiophene rings is 1. The predicted octanol–water partition coefficient (Wildman–Crippen LogP) is 3.38. The van der Waals surface area contributed by atoms with Gasteiger partial charge in [0, 0.05) is 38.8 Å². The number of halogens is 1. The Labute approximate surface area is 156 Å². The Balaban J connectivity index is 1.64. The summed E-state index contributed by atoms with van der Waals surface area (Å²) < 4.78 is 0.657. The second kappa shape index (κ2) is 6.25. The summed E-state index contributed by atoms with van der Waals surface area (Å²) in [6, 6.07) is 3.62. The monoisotopic (exact) mass is 376 g/mol. The van der Waals surface area contributed by atoms with Gasteiger partial charge in [-0.05, 0) is 43.4 Å². The Hall–Kier alpha value is -1.66. The molecule has 0 bridgehead atoms. The number of aromatic nitrogens is 2. The highest BCUT2D eigenvalue weighted by molar-refractivity contribution is 7.17. The SMILES string of the molecule is CN(C)c1ncc2c(n1)C1(CCCN(C(=O)c3ccc(Cl)s3)C1)CC2. The van der Waals surface area contributed by atoms with E-state index in [2.05, 4.69) is 4.98 Å². The Bertz CT molecular complexity index is 817. The zero-order valence-corrected chi connectivity index (χ0v) is 16.0.